The molecule has 7 nitrogen and oxygen atoms in total. The van der Waals surface area contributed by atoms with Gasteiger partial charge < -0.3 is 19.4 Å². The fourth-order valence-corrected chi connectivity index (χ4v) is 3.80. The number of carbonyl (C=O) groups is 1. The van der Waals surface area contributed by atoms with Gasteiger partial charge in [-0.3, -0.25) is 0 Å². The van der Waals surface area contributed by atoms with Crippen molar-refractivity contribution in [1.29, 1.82) is 0 Å². The minimum Gasteiger partial charge on any atom is -0.497 e. The first kappa shape index (κ1) is 21.3. The van der Waals surface area contributed by atoms with E-state index in [1.54, 1.807) is 14.2 Å². The van der Waals surface area contributed by atoms with E-state index in [0.717, 1.165) is 22.8 Å². The Balaban J connectivity index is 1.80. The molecule has 0 amide bonds. The van der Waals surface area contributed by atoms with Gasteiger partial charge in [-0.05, 0) is 42.3 Å². The van der Waals surface area contributed by atoms with Crippen molar-refractivity contribution in [2.45, 2.75) is 12.6 Å². The van der Waals surface area contributed by atoms with Gasteiger partial charge in [0.25, 0.3) is 0 Å². The van der Waals surface area contributed by atoms with Crippen LogP contribution in [0.25, 0.3) is 11.1 Å². The molecule has 0 radical (unpaired) electrons. The lowest BCUT2D eigenvalue weighted by Gasteiger charge is -2.27. The minimum absolute atomic E-state index is 0.405. The van der Waals surface area contributed by atoms with Gasteiger partial charge in [-0.25, -0.2) is 14.2 Å². The summed E-state index contributed by atoms with van der Waals surface area (Å²) in [4.78, 5) is 20.8. The maximum absolute atomic E-state index is 14.4. The van der Waals surface area contributed by atoms with Crippen molar-refractivity contribution in [2.75, 3.05) is 14.2 Å². The predicted octanol–water partition coefficient (Wildman–Crippen LogP) is 4.28. The van der Waals surface area contributed by atoms with E-state index in [-0.39, 0.29) is 0 Å². The van der Waals surface area contributed by atoms with Crippen LogP contribution >= 0.6 is 0 Å². The average Bonchev–Trinajstić information content (AvgIpc) is 3.29. The molecule has 2 N–H and O–H groups in total. The topological polar surface area (TPSA) is 89.4 Å². The van der Waals surface area contributed by atoms with E-state index < -0.39 is 23.0 Å². The number of hydrogen-bond donors (Lipinski definition) is 2. The number of nitrogens with zero attached hydrogens (tertiary/aromatic N) is 1. The van der Waals surface area contributed by atoms with Crippen molar-refractivity contribution in [3.05, 3.63) is 82.7 Å². The number of aliphatic imine (C=N–C) groups is 1. The Labute approximate surface area is 184 Å². The Kier molecular flexibility index (Phi) is 5.54. The first-order valence-corrected chi connectivity index (χ1v) is 9.73. The number of nitrogens with one attached hydrogen (secondary N) is 1. The highest BCUT2D eigenvalue weighted by molar-refractivity contribution is 5.88. The molecule has 0 aliphatic carbocycles. The Morgan fingerprint density at radius 1 is 1.03 bits per heavy atom. The zero-order valence-electron chi connectivity index (χ0n) is 17.7. The molecule has 4 rings (SSSR count). The molecule has 0 spiro atoms. The number of aryl methyl sites for hydroxylation is 1. The number of carboxylic acid groups (broad SMARTS) is 1. The van der Waals surface area contributed by atoms with E-state index in [9.17, 15) is 9.18 Å². The summed E-state index contributed by atoms with van der Waals surface area (Å²) in [7, 11) is 3.19. The molecule has 0 saturated heterocycles. The Hall–Kier alpha value is -3.91. The molecule has 0 fully saturated rings. The normalized spacial score (nSPS) is 17.1. The lowest BCUT2D eigenvalue weighted by atomic mass is 9.88. The average molecular weight is 436 g/mol. The van der Waals surface area contributed by atoms with Crippen LogP contribution in [0, 0.1) is 12.7 Å². The van der Waals surface area contributed by atoms with E-state index >= 15 is 0 Å². The van der Waals surface area contributed by atoms with Gasteiger partial charge >= 0.3 is 5.97 Å². The summed E-state index contributed by atoms with van der Waals surface area (Å²) < 4.78 is 25.2. The van der Waals surface area contributed by atoms with E-state index in [4.69, 9.17) is 19.4 Å². The third-order valence-electron chi connectivity index (χ3n) is 5.47. The predicted molar refractivity (Wildman–Crippen MR) is 117 cm³/mol. The third-order valence-corrected chi connectivity index (χ3v) is 5.47. The van der Waals surface area contributed by atoms with E-state index in [1.807, 2.05) is 43.3 Å². The first-order valence-electron chi connectivity index (χ1n) is 9.73. The van der Waals surface area contributed by atoms with Crippen LogP contribution in [0.15, 0.2) is 59.6 Å². The van der Waals surface area contributed by atoms with Crippen molar-refractivity contribution in [1.82, 2.24) is 5.48 Å². The lowest BCUT2D eigenvalue weighted by Crippen LogP contribution is -2.37. The van der Waals surface area contributed by atoms with Gasteiger partial charge in [-0.2, -0.15) is 0 Å². The molecule has 3 aromatic carbocycles. The first-order chi connectivity index (χ1) is 15.4. The van der Waals surface area contributed by atoms with Gasteiger partial charge in [0.2, 0.25) is 0 Å². The molecule has 32 heavy (non-hydrogen) atoms. The number of carboxylic acids is 1. The summed E-state index contributed by atoms with van der Waals surface area (Å²) in [6, 6.07) is 15.2. The number of benzene rings is 3. The molecule has 1 aliphatic rings. The van der Waals surface area contributed by atoms with Crippen molar-refractivity contribution in [2.24, 2.45) is 4.99 Å². The lowest BCUT2D eigenvalue weighted by molar-refractivity contribution is 0.0691. The molecule has 1 unspecified atom stereocenters. The van der Waals surface area contributed by atoms with Crippen LogP contribution in [0.4, 0.5) is 4.39 Å². The SMILES string of the molecule is COc1ccc(-c2ccc(C3(c4ccc(C(=O)O)c(F)c4)N=CON3)cc2C)c(OC)c1. The summed E-state index contributed by atoms with van der Waals surface area (Å²) in [5, 5.41) is 9.13. The van der Waals surface area contributed by atoms with Crippen molar-refractivity contribution in [3.8, 4) is 22.6 Å². The standard InChI is InChI=1S/C24H21FN2O5/c1-14-10-15(4-7-18(14)19-9-6-17(30-2)12-22(19)31-3)24(26-13-32-27-24)16-5-8-20(23(28)29)21(25)11-16/h4-13,27H,1-3H3,(H,28,29). The van der Waals surface area contributed by atoms with Crippen LogP contribution in [-0.4, -0.2) is 31.7 Å². The molecular formula is C24H21FN2O5. The molecule has 0 bridgehead atoms. The number of hydroxylamine groups is 1. The van der Waals surface area contributed by atoms with Crippen LogP contribution in [0.2, 0.25) is 0 Å². The van der Waals surface area contributed by atoms with Crippen LogP contribution in [0.5, 0.6) is 11.5 Å². The van der Waals surface area contributed by atoms with Gasteiger partial charge in [0.15, 0.2) is 12.1 Å². The zero-order valence-corrected chi connectivity index (χ0v) is 17.7. The zero-order chi connectivity index (χ0) is 22.9. The van der Waals surface area contributed by atoms with Crippen molar-refractivity contribution in [3.63, 3.8) is 0 Å². The fraction of sp³-hybridized carbons (Fsp3) is 0.167. The molecule has 1 heterocycles. The number of halogens is 1. The summed E-state index contributed by atoms with van der Waals surface area (Å²) in [5.41, 5.74) is 5.06. The summed E-state index contributed by atoms with van der Waals surface area (Å²) in [6.07, 6.45) is 1.23. The van der Waals surface area contributed by atoms with Crippen LogP contribution in [0.3, 0.4) is 0 Å². The maximum atomic E-state index is 14.4. The second kappa shape index (κ2) is 8.32. The van der Waals surface area contributed by atoms with Crippen molar-refractivity contribution < 1.29 is 28.6 Å². The summed E-state index contributed by atoms with van der Waals surface area (Å²) >= 11 is 0. The quantitative estimate of drug-likeness (QED) is 0.600. The largest absolute Gasteiger partial charge is 0.497 e. The molecule has 0 aromatic heterocycles. The number of ether oxygens (including phenoxy) is 2. The molecule has 1 atom stereocenters. The molecule has 3 aromatic rings. The molecule has 0 saturated carbocycles. The number of aromatic carboxylic acids is 1. The number of hydrogen-bond acceptors (Lipinski definition) is 6. The second-order valence-corrected chi connectivity index (χ2v) is 7.26. The molecular weight excluding hydrogens is 415 g/mol. The maximum Gasteiger partial charge on any atom is 0.338 e. The highest BCUT2D eigenvalue weighted by Gasteiger charge is 2.38. The summed E-state index contributed by atoms with van der Waals surface area (Å²) in [5.74, 6) is -0.834. The molecule has 1 aliphatic heterocycles. The van der Waals surface area contributed by atoms with Gasteiger partial charge in [-0.15, -0.1) is 5.48 Å². The van der Waals surface area contributed by atoms with E-state index in [1.165, 1.54) is 18.5 Å². The van der Waals surface area contributed by atoms with Gasteiger partial charge in [-0.1, -0.05) is 24.3 Å². The monoisotopic (exact) mass is 436 g/mol. The van der Waals surface area contributed by atoms with Crippen molar-refractivity contribution >= 4 is 12.4 Å². The molecule has 8 heteroatoms. The smallest absolute Gasteiger partial charge is 0.338 e. The van der Waals surface area contributed by atoms with Crippen LogP contribution < -0.4 is 15.0 Å². The second-order valence-electron chi connectivity index (χ2n) is 7.26. The van der Waals surface area contributed by atoms with Crippen LogP contribution in [-0.2, 0) is 10.5 Å². The Bertz CT molecular complexity index is 1230. The third kappa shape index (κ3) is 3.54. The minimum atomic E-state index is -1.34. The van der Waals surface area contributed by atoms with Gasteiger partial charge in [0.1, 0.15) is 17.3 Å². The number of rotatable bonds is 6. The number of methoxy groups -OCH3 is 2. The Morgan fingerprint density at radius 3 is 2.34 bits per heavy atom. The van der Waals surface area contributed by atoms with E-state index in [2.05, 4.69) is 10.5 Å². The highest BCUT2D eigenvalue weighted by atomic mass is 19.1. The summed E-state index contributed by atoms with van der Waals surface area (Å²) in [6.45, 7) is 1.95. The van der Waals surface area contributed by atoms with Gasteiger partial charge in [0, 0.05) is 22.8 Å². The van der Waals surface area contributed by atoms with Gasteiger partial charge in [0.05, 0.1) is 19.8 Å². The Morgan fingerprint density at radius 2 is 1.75 bits per heavy atom. The molecule has 164 valence electrons. The highest BCUT2D eigenvalue weighted by Crippen LogP contribution is 2.39. The van der Waals surface area contributed by atoms with Crippen LogP contribution in [0.1, 0.15) is 27.0 Å². The van der Waals surface area contributed by atoms with E-state index in [0.29, 0.717) is 22.6 Å². The fourth-order valence-electron chi connectivity index (χ4n) is 3.80.